The fraction of sp³-hybridized carbons (Fsp3) is 0.733. The first kappa shape index (κ1) is 14.4. The van der Waals surface area contributed by atoms with E-state index in [0.717, 1.165) is 51.6 Å². The van der Waals surface area contributed by atoms with Gasteiger partial charge in [0.05, 0.1) is 18.3 Å². The van der Waals surface area contributed by atoms with Gasteiger partial charge >= 0.3 is 5.97 Å². The van der Waals surface area contributed by atoms with E-state index in [4.69, 9.17) is 4.74 Å². The Morgan fingerprint density at radius 2 is 2.10 bits per heavy atom. The van der Waals surface area contributed by atoms with Crippen molar-refractivity contribution in [1.29, 1.82) is 0 Å². The molecule has 3 rings (SSSR count). The first-order valence-corrected chi connectivity index (χ1v) is 7.81. The maximum atomic E-state index is 11.6. The monoisotopic (exact) mass is 293 g/mol. The van der Waals surface area contributed by atoms with Gasteiger partial charge in [0.15, 0.2) is 11.4 Å². The maximum absolute atomic E-state index is 11.6. The van der Waals surface area contributed by atoms with E-state index in [1.54, 1.807) is 10.9 Å². The van der Waals surface area contributed by atoms with Crippen molar-refractivity contribution in [2.75, 3.05) is 20.1 Å². The Morgan fingerprint density at radius 1 is 1.33 bits per heavy atom. The number of piperidine rings is 1. The van der Waals surface area contributed by atoms with Gasteiger partial charge in [-0.15, -0.1) is 0 Å². The number of likely N-dealkylation sites (N-methyl/N-ethyl adjacent to an activating group) is 1. The molecule has 1 aromatic heterocycles. The Kier molecular flexibility index (Phi) is 4.14. The summed E-state index contributed by atoms with van der Waals surface area (Å²) in [4.78, 5) is 13.9. The predicted molar refractivity (Wildman–Crippen MR) is 77.8 cm³/mol. The third-order valence-corrected chi connectivity index (χ3v) is 4.51. The molecule has 1 aromatic rings. The lowest BCUT2D eigenvalue weighted by atomic mass is 10.1. The molecule has 1 N–H and O–H groups in total. The van der Waals surface area contributed by atoms with Gasteiger partial charge in [0, 0.05) is 6.54 Å². The van der Waals surface area contributed by atoms with Gasteiger partial charge in [-0.1, -0.05) is 0 Å². The Labute approximate surface area is 124 Å². The lowest BCUT2D eigenvalue weighted by Crippen LogP contribution is -2.35. The molecule has 1 aliphatic carbocycles. The fourth-order valence-corrected chi connectivity index (χ4v) is 3.44. The first-order valence-electron chi connectivity index (χ1n) is 7.81. The zero-order valence-corrected chi connectivity index (χ0v) is 12.5. The lowest BCUT2D eigenvalue weighted by Gasteiger charge is -2.30. The van der Waals surface area contributed by atoms with Crippen LogP contribution in [0.4, 0.5) is 0 Å². The molecule has 1 saturated heterocycles. The number of carbonyl (C=O) groups is 1. The summed E-state index contributed by atoms with van der Waals surface area (Å²) in [6.45, 7) is 1.90. The van der Waals surface area contributed by atoms with E-state index in [-0.39, 0.29) is 17.8 Å². The molecule has 2 heterocycles. The van der Waals surface area contributed by atoms with Crippen LogP contribution in [0.2, 0.25) is 0 Å². The second-order valence-electron chi connectivity index (χ2n) is 6.19. The van der Waals surface area contributed by atoms with Gasteiger partial charge in [-0.25, -0.2) is 4.79 Å². The van der Waals surface area contributed by atoms with E-state index >= 15 is 0 Å². The Bertz CT molecular complexity index is 508. The fourth-order valence-electron chi connectivity index (χ4n) is 3.44. The predicted octanol–water partition coefficient (Wildman–Crippen LogP) is 2.17. The van der Waals surface area contributed by atoms with Gasteiger partial charge in [0.1, 0.15) is 0 Å². The van der Waals surface area contributed by atoms with Crippen LogP contribution in [0.3, 0.4) is 0 Å². The van der Waals surface area contributed by atoms with E-state index in [1.807, 2.05) is 0 Å². The van der Waals surface area contributed by atoms with Crippen molar-refractivity contribution in [1.82, 2.24) is 14.7 Å². The van der Waals surface area contributed by atoms with Crippen molar-refractivity contribution >= 4 is 5.97 Å². The van der Waals surface area contributed by atoms with Crippen molar-refractivity contribution in [3.8, 4) is 5.75 Å². The summed E-state index contributed by atoms with van der Waals surface area (Å²) in [7, 11) is 2.06. The van der Waals surface area contributed by atoms with E-state index in [2.05, 4.69) is 17.0 Å². The average molecular weight is 293 g/mol. The molecule has 1 unspecified atom stereocenters. The smallest absolute Gasteiger partial charge is 0.358 e. The molecule has 2 aliphatic rings. The number of nitrogens with zero attached hydrogens (tertiary/aromatic N) is 3. The van der Waals surface area contributed by atoms with Crippen LogP contribution < -0.4 is 4.74 Å². The summed E-state index contributed by atoms with van der Waals surface area (Å²) < 4.78 is 7.54. The lowest BCUT2D eigenvalue weighted by molar-refractivity contribution is 0.0666. The highest BCUT2D eigenvalue weighted by Gasteiger charge is 2.29. The highest BCUT2D eigenvalue weighted by Crippen LogP contribution is 2.30. The number of hydrogen-bond donors (Lipinski definition) is 1. The second kappa shape index (κ2) is 6.05. The Hall–Kier alpha value is -1.56. The van der Waals surface area contributed by atoms with Crippen LogP contribution in [0, 0.1) is 0 Å². The van der Waals surface area contributed by atoms with Crippen molar-refractivity contribution < 1.29 is 14.6 Å². The van der Waals surface area contributed by atoms with Crippen molar-refractivity contribution in [3.05, 3.63) is 11.9 Å². The standard InChI is InChI=1S/C15H23N3O3/c1-17-8-4-5-11(10-17)18-14(15(19)20)13(9-16-18)21-12-6-2-3-7-12/h9,11-12H,2-8,10H2,1H3,(H,19,20). The number of aromatic nitrogens is 2. The van der Waals surface area contributed by atoms with Crippen molar-refractivity contribution in [2.24, 2.45) is 0 Å². The van der Waals surface area contributed by atoms with E-state index in [0.29, 0.717) is 5.75 Å². The number of aromatic carboxylic acids is 1. The number of ether oxygens (including phenoxy) is 1. The van der Waals surface area contributed by atoms with Gasteiger partial charge in [0.25, 0.3) is 0 Å². The number of carboxylic acids is 1. The first-order chi connectivity index (χ1) is 10.1. The van der Waals surface area contributed by atoms with Crippen LogP contribution in [-0.2, 0) is 0 Å². The van der Waals surface area contributed by atoms with Gasteiger partial charge in [-0.05, 0) is 52.1 Å². The largest absolute Gasteiger partial charge is 0.486 e. The van der Waals surface area contributed by atoms with Gasteiger partial charge in [0.2, 0.25) is 0 Å². The number of hydrogen-bond acceptors (Lipinski definition) is 4. The summed E-state index contributed by atoms with van der Waals surface area (Å²) in [5.74, 6) is -0.517. The van der Waals surface area contributed by atoms with Gasteiger partial charge in [-0.3, -0.25) is 4.68 Å². The highest BCUT2D eigenvalue weighted by atomic mass is 16.5. The molecular weight excluding hydrogens is 270 g/mol. The average Bonchev–Trinajstić information content (AvgIpc) is 3.08. The number of rotatable bonds is 4. The molecule has 0 amide bonds. The summed E-state index contributed by atoms with van der Waals surface area (Å²) in [5.41, 5.74) is 0.210. The normalized spacial score (nSPS) is 24.3. The van der Waals surface area contributed by atoms with E-state index in [1.165, 1.54) is 0 Å². The molecule has 6 heteroatoms. The minimum Gasteiger partial charge on any atom is -0.486 e. The number of likely N-dealkylation sites (tertiary alicyclic amines) is 1. The van der Waals surface area contributed by atoms with Crippen LogP contribution in [0.1, 0.15) is 55.1 Å². The number of carboxylic acid groups (broad SMARTS) is 1. The topological polar surface area (TPSA) is 67.6 Å². The molecule has 0 radical (unpaired) electrons. The molecule has 1 saturated carbocycles. The SMILES string of the molecule is CN1CCCC(n2ncc(OC3CCCC3)c2C(=O)O)C1. The van der Waals surface area contributed by atoms with Crippen molar-refractivity contribution in [3.63, 3.8) is 0 Å². The van der Waals surface area contributed by atoms with Crippen LogP contribution in [0.25, 0.3) is 0 Å². The van der Waals surface area contributed by atoms with Crippen LogP contribution >= 0.6 is 0 Å². The quantitative estimate of drug-likeness (QED) is 0.921. The van der Waals surface area contributed by atoms with Crippen LogP contribution in [-0.4, -0.2) is 52.0 Å². The molecule has 1 aliphatic heterocycles. The van der Waals surface area contributed by atoms with Gasteiger partial charge in [-0.2, -0.15) is 5.10 Å². The third-order valence-electron chi connectivity index (χ3n) is 4.51. The van der Waals surface area contributed by atoms with E-state index in [9.17, 15) is 9.90 Å². The second-order valence-corrected chi connectivity index (χ2v) is 6.19. The zero-order valence-electron chi connectivity index (χ0n) is 12.5. The highest BCUT2D eigenvalue weighted by molar-refractivity contribution is 5.88. The zero-order chi connectivity index (χ0) is 14.8. The summed E-state index contributed by atoms with van der Waals surface area (Å²) >= 11 is 0. The third kappa shape index (κ3) is 3.05. The molecule has 0 spiro atoms. The van der Waals surface area contributed by atoms with E-state index < -0.39 is 5.97 Å². The van der Waals surface area contributed by atoms with Crippen LogP contribution in [0.5, 0.6) is 5.75 Å². The molecule has 0 bridgehead atoms. The van der Waals surface area contributed by atoms with Crippen molar-refractivity contribution in [2.45, 2.75) is 50.7 Å². The molecule has 0 aromatic carbocycles. The summed E-state index contributed by atoms with van der Waals surface area (Å²) in [6.07, 6.45) is 8.11. The van der Waals surface area contributed by atoms with Gasteiger partial charge < -0.3 is 14.7 Å². The minimum atomic E-state index is -0.950. The summed E-state index contributed by atoms with van der Waals surface area (Å²) in [5, 5.41) is 13.9. The molecular formula is C15H23N3O3. The molecule has 2 fully saturated rings. The summed E-state index contributed by atoms with van der Waals surface area (Å²) in [6, 6.07) is 0.121. The Morgan fingerprint density at radius 3 is 2.76 bits per heavy atom. The molecule has 21 heavy (non-hydrogen) atoms. The molecule has 6 nitrogen and oxygen atoms in total. The molecule has 1 atom stereocenters. The maximum Gasteiger partial charge on any atom is 0.358 e. The van der Waals surface area contributed by atoms with Crippen LogP contribution in [0.15, 0.2) is 6.20 Å². The minimum absolute atomic E-state index is 0.121. The molecule has 116 valence electrons. The Balaban J connectivity index is 1.83.